The molecule has 0 aliphatic carbocycles. The average Bonchev–Trinajstić information content (AvgIpc) is 3.18. The highest BCUT2D eigenvalue weighted by molar-refractivity contribution is 7.87. The van der Waals surface area contributed by atoms with Gasteiger partial charge in [0.05, 0.1) is 22.2 Å². The summed E-state index contributed by atoms with van der Waals surface area (Å²) in [6.07, 6.45) is 7.10. The Morgan fingerprint density at radius 3 is 2.19 bits per heavy atom. The lowest BCUT2D eigenvalue weighted by Crippen LogP contribution is -1.99. The molecule has 4 rings (SSSR count). The third kappa shape index (κ3) is 5.11. The Morgan fingerprint density at radius 1 is 0.875 bits per heavy atom. The van der Waals surface area contributed by atoms with E-state index in [0.29, 0.717) is 11.4 Å². The van der Waals surface area contributed by atoms with Crippen molar-refractivity contribution in [3.05, 3.63) is 66.7 Å². The van der Waals surface area contributed by atoms with Crippen LogP contribution < -0.4 is 5.73 Å². The van der Waals surface area contributed by atoms with Gasteiger partial charge in [0.1, 0.15) is 9.04 Å². The van der Waals surface area contributed by atoms with Gasteiger partial charge in [-0.05, 0) is 23.6 Å². The minimum absolute atomic E-state index is 0.625. The quantitative estimate of drug-likeness (QED) is 0.246. The second kappa shape index (κ2) is 10.9. The van der Waals surface area contributed by atoms with Crippen LogP contribution in [0.3, 0.4) is 0 Å². The first kappa shape index (κ1) is 22.7. The van der Waals surface area contributed by atoms with E-state index in [-0.39, 0.29) is 0 Å². The molecule has 0 aliphatic heterocycles. The van der Waals surface area contributed by atoms with E-state index in [0.717, 1.165) is 49.7 Å². The normalized spacial score (nSPS) is 12.3. The van der Waals surface area contributed by atoms with Gasteiger partial charge >= 0.3 is 0 Å². The van der Waals surface area contributed by atoms with Gasteiger partial charge in [0.2, 0.25) is 0 Å². The molecule has 0 fully saturated rings. The van der Waals surface area contributed by atoms with Crippen LogP contribution in [0.25, 0.3) is 32.6 Å². The maximum atomic E-state index is 13.1. The summed E-state index contributed by atoms with van der Waals surface area (Å²) in [7, 11) is -1.10. The second-order valence-corrected chi connectivity index (χ2v) is 10.9. The van der Waals surface area contributed by atoms with Gasteiger partial charge in [-0.1, -0.05) is 99.7 Å². The van der Waals surface area contributed by atoms with Crippen LogP contribution in [0.2, 0.25) is 0 Å². The third-order valence-electron chi connectivity index (χ3n) is 5.71. The summed E-state index contributed by atoms with van der Waals surface area (Å²) in [6, 6.07) is 22.5. The summed E-state index contributed by atoms with van der Waals surface area (Å²) < 4.78 is 13.9. The van der Waals surface area contributed by atoms with Crippen molar-refractivity contribution in [1.82, 2.24) is 4.98 Å². The smallest absolute Gasteiger partial charge is 0.127 e. The number of nitrogens with two attached hydrogens (primary N) is 1. The van der Waals surface area contributed by atoms with Crippen molar-refractivity contribution in [2.24, 2.45) is 0 Å². The number of hydrogen-bond donors (Lipinski definition) is 1. The molecular formula is C27H30N2OS2. The molecule has 32 heavy (non-hydrogen) atoms. The number of thiophene rings is 1. The summed E-state index contributed by atoms with van der Waals surface area (Å²) in [5.41, 5.74) is 11.4. The molecule has 0 aliphatic rings. The molecule has 0 saturated carbocycles. The van der Waals surface area contributed by atoms with Gasteiger partial charge in [0.25, 0.3) is 0 Å². The maximum Gasteiger partial charge on any atom is 0.127 e. The van der Waals surface area contributed by atoms with Gasteiger partial charge in [0.15, 0.2) is 0 Å². The van der Waals surface area contributed by atoms with E-state index in [1.165, 1.54) is 37.0 Å². The molecule has 5 heteroatoms. The number of hydrogen-bond acceptors (Lipinski definition) is 4. The third-order valence-corrected chi connectivity index (χ3v) is 8.70. The Bertz CT molecular complexity index is 1190. The largest absolute Gasteiger partial charge is 0.396 e. The highest BCUT2D eigenvalue weighted by atomic mass is 32.2. The first-order valence-corrected chi connectivity index (χ1v) is 13.5. The predicted molar refractivity (Wildman–Crippen MR) is 140 cm³/mol. The molecule has 4 aromatic rings. The van der Waals surface area contributed by atoms with E-state index in [9.17, 15) is 4.21 Å². The molecule has 2 aromatic carbocycles. The molecule has 0 bridgehead atoms. The molecule has 1 unspecified atom stereocenters. The van der Waals surface area contributed by atoms with E-state index >= 15 is 0 Å². The molecule has 2 aromatic heterocycles. The average molecular weight is 463 g/mol. The molecule has 0 spiro atoms. The number of aromatic nitrogens is 1. The SMILES string of the molecule is CCCCCCCCS(=O)c1sc2nc(-c3ccccc3)cc(-c3ccccc3)c2c1N. The lowest BCUT2D eigenvalue weighted by atomic mass is 10.00. The van der Waals surface area contributed by atoms with Gasteiger partial charge in [-0.25, -0.2) is 4.98 Å². The first-order valence-electron chi connectivity index (χ1n) is 11.4. The van der Waals surface area contributed by atoms with Gasteiger partial charge in [-0.2, -0.15) is 0 Å². The van der Waals surface area contributed by atoms with Gasteiger partial charge in [-0.3, -0.25) is 4.21 Å². The standard InChI is InChI=1S/C27H30N2OS2/c1-2-3-4-5-6-13-18-32(30)27-25(28)24-22(20-14-9-7-10-15-20)19-23(29-26(24)31-27)21-16-11-8-12-17-21/h7-12,14-17,19H,2-6,13,18,28H2,1H3. The number of pyridine rings is 1. The number of rotatable bonds is 10. The Morgan fingerprint density at radius 2 is 1.50 bits per heavy atom. The molecule has 2 N–H and O–H groups in total. The molecule has 3 nitrogen and oxygen atoms in total. The van der Waals surface area contributed by atoms with E-state index < -0.39 is 10.8 Å². The first-order chi connectivity index (χ1) is 15.7. The van der Waals surface area contributed by atoms with E-state index in [1.54, 1.807) is 0 Å². The number of nitrogens with zero attached hydrogens (tertiary/aromatic N) is 1. The predicted octanol–water partition coefficient (Wildman–Crippen LogP) is 7.68. The number of nitrogen functional groups attached to an aromatic ring is 1. The van der Waals surface area contributed by atoms with Crippen molar-refractivity contribution in [3.8, 4) is 22.4 Å². The van der Waals surface area contributed by atoms with Crippen molar-refractivity contribution in [2.45, 2.75) is 49.7 Å². The zero-order chi connectivity index (χ0) is 22.3. The van der Waals surface area contributed by atoms with Crippen LogP contribution in [0.5, 0.6) is 0 Å². The highest BCUT2D eigenvalue weighted by Crippen LogP contribution is 2.42. The molecule has 0 amide bonds. The zero-order valence-corrected chi connectivity index (χ0v) is 20.2. The number of fused-ring (bicyclic) bond motifs is 1. The topological polar surface area (TPSA) is 56.0 Å². The van der Waals surface area contributed by atoms with Crippen LogP contribution in [0, 0.1) is 0 Å². The lowest BCUT2D eigenvalue weighted by Gasteiger charge is -2.09. The Labute approximate surface area is 197 Å². The number of anilines is 1. The summed E-state index contributed by atoms with van der Waals surface area (Å²) in [4.78, 5) is 5.79. The molecule has 2 heterocycles. The Balaban J connectivity index is 1.69. The summed E-state index contributed by atoms with van der Waals surface area (Å²) in [5.74, 6) is 0.662. The summed E-state index contributed by atoms with van der Waals surface area (Å²) >= 11 is 1.49. The van der Waals surface area contributed by atoms with Crippen molar-refractivity contribution >= 4 is 38.0 Å². The molecule has 166 valence electrons. The van der Waals surface area contributed by atoms with Crippen LogP contribution in [0.15, 0.2) is 70.9 Å². The minimum Gasteiger partial charge on any atom is -0.396 e. The van der Waals surface area contributed by atoms with Gasteiger partial charge < -0.3 is 5.73 Å². The molecule has 1 atom stereocenters. The van der Waals surface area contributed by atoms with Crippen LogP contribution in [-0.2, 0) is 10.8 Å². The molecule has 0 radical (unpaired) electrons. The van der Waals surface area contributed by atoms with Gasteiger partial charge in [-0.15, -0.1) is 11.3 Å². The van der Waals surface area contributed by atoms with Crippen LogP contribution in [0.1, 0.15) is 45.4 Å². The van der Waals surface area contributed by atoms with Crippen LogP contribution in [0.4, 0.5) is 5.69 Å². The summed E-state index contributed by atoms with van der Waals surface area (Å²) in [5, 5.41) is 0.923. The fourth-order valence-electron chi connectivity index (χ4n) is 3.98. The maximum absolute atomic E-state index is 13.1. The van der Waals surface area contributed by atoms with Crippen molar-refractivity contribution in [2.75, 3.05) is 11.5 Å². The fourth-order valence-corrected chi connectivity index (χ4v) is 6.69. The lowest BCUT2D eigenvalue weighted by molar-refractivity contribution is 0.622. The van der Waals surface area contributed by atoms with Crippen molar-refractivity contribution in [3.63, 3.8) is 0 Å². The Hall–Kier alpha value is -2.50. The Kier molecular flexibility index (Phi) is 7.72. The minimum atomic E-state index is -1.10. The summed E-state index contributed by atoms with van der Waals surface area (Å²) in [6.45, 7) is 2.22. The molecular weight excluding hydrogens is 432 g/mol. The monoisotopic (exact) mass is 462 g/mol. The molecule has 0 saturated heterocycles. The van der Waals surface area contributed by atoms with Crippen LogP contribution in [-0.4, -0.2) is 14.9 Å². The van der Waals surface area contributed by atoms with E-state index in [4.69, 9.17) is 10.7 Å². The van der Waals surface area contributed by atoms with E-state index in [2.05, 4.69) is 37.3 Å². The number of benzene rings is 2. The zero-order valence-electron chi connectivity index (χ0n) is 18.5. The second-order valence-electron chi connectivity index (χ2n) is 8.09. The van der Waals surface area contributed by atoms with Crippen molar-refractivity contribution < 1.29 is 4.21 Å². The number of unbranched alkanes of at least 4 members (excludes halogenated alkanes) is 5. The van der Waals surface area contributed by atoms with Crippen LogP contribution >= 0.6 is 11.3 Å². The van der Waals surface area contributed by atoms with E-state index in [1.807, 2.05) is 36.4 Å². The van der Waals surface area contributed by atoms with Crippen molar-refractivity contribution in [1.29, 1.82) is 0 Å². The highest BCUT2D eigenvalue weighted by Gasteiger charge is 2.20. The fraction of sp³-hybridized carbons (Fsp3) is 0.296. The van der Waals surface area contributed by atoms with Gasteiger partial charge in [0, 0.05) is 16.7 Å².